The zero-order valence-corrected chi connectivity index (χ0v) is 19.2. The van der Waals surface area contributed by atoms with Crippen molar-refractivity contribution in [3.05, 3.63) is 64.2 Å². The van der Waals surface area contributed by atoms with Gasteiger partial charge in [-0.2, -0.15) is 0 Å². The van der Waals surface area contributed by atoms with Gasteiger partial charge in [-0.05, 0) is 69.2 Å². The van der Waals surface area contributed by atoms with Crippen molar-refractivity contribution >= 4 is 11.8 Å². The number of piperidine rings is 1. The van der Waals surface area contributed by atoms with Crippen LogP contribution in [0.15, 0.2) is 36.4 Å². The zero-order valence-electron chi connectivity index (χ0n) is 19.2. The molecule has 1 heterocycles. The van der Waals surface area contributed by atoms with Gasteiger partial charge in [0.15, 0.2) is 6.61 Å². The molecule has 31 heavy (non-hydrogen) atoms. The fourth-order valence-corrected chi connectivity index (χ4v) is 3.96. The minimum atomic E-state index is 0.00412. The number of hydrogen-bond donors (Lipinski definition) is 1. The lowest BCUT2D eigenvalue weighted by atomic mass is 10.0. The Hall–Kier alpha value is -2.82. The van der Waals surface area contributed by atoms with Crippen molar-refractivity contribution in [3.8, 4) is 5.75 Å². The summed E-state index contributed by atoms with van der Waals surface area (Å²) in [6.07, 6.45) is 2.80. The molecule has 0 saturated carbocycles. The molecule has 0 unspecified atom stereocenters. The average molecular weight is 423 g/mol. The molecule has 166 valence electrons. The third-order valence-corrected chi connectivity index (χ3v) is 6.19. The minimum Gasteiger partial charge on any atom is -0.483 e. The second-order valence-electron chi connectivity index (χ2n) is 8.65. The highest BCUT2D eigenvalue weighted by Gasteiger charge is 2.24. The number of benzene rings is 2. The Balaban J connectivity index is 1.40. The van der Waals surface area contributed by atoms with Gasteiger partial charge in [0, 0.05) is 25.6 Å². The van der Waals surface area contributed by atoms with Crippen LogP contribution in [-0.2, 0) is 16.0 Å². The molecule has 1 aliphatic rings. The molecule has 0 aliphatic carbocycles. The average Bonchev–Trinajstić information content (AvgIpc) is 2.76. The summed E-state index contributed by atoms with van der Waals surface area (Å²) in [7, 11) is 0. The highest BCUT2D eigenvalue weighted by Crippen LogP contribution is 2.25. The standard InChI is InChI=1S/C26H34N2O3/c1-18-5-9-22(10-6-18)11-12-24(29)27-23-13-15-28(16-14-23)25(30)17-31-26-20(3)8-7-19(2)21(26)4/h5-10,23H,11-17H2,1-4H3,(H,27,29). The fourth-order valence-electron chi connectivity index (χ4n) is 3.96. The number of carbonyl (C=O) groups is 2. The number of likely N-dealkylation sites (tertiary alicyclic amines) is 1. The molecule has 1 saturated heterocycles. The van der Waals surface area contributed by atoms with Gasteiger partial charge in [0.2, 0.25) is 5.91 Å². The van der Waals surface area contributed by atoms with E-state index in [4.69, 9.17) is 4.74 Å². The van der Waals surface area contributed by atoms with Crippen LogP contribution in [0, 0.1) is 27.7 Å². The number of nitrogens with zero attached hydrogens (tertiary/aromatic N) is 1. The summed E-state index contributed by atoms with van der Waals surface area (Å²) in [5, 5.41) is 3.13. The van der Waals surface area contributed by atoms with Gasteiger partial charge in [0.25, 0.3) is 5.91 Å². The summed E-state index contributed by atoms with van der Waals surface area (Å²) in [6.45, 7) is 9.48. The van der Waals surface area contributed by atoms with Gasteiger partial charge >= 0.3 is 0 Å². The van der Waals surface area contributed by atoms with Crippen LogP contribution in [0.2, 0.25) is 0 Å². The van der Waals surface area contributed by atoms with E-state index >= 15 is 0 Å². The third-order valence-electron chi connectivity index (χ3n) is 6.19. The number of carbonyl (C=O) groups excluding carboxylic acids is 2. The largest absolute Gasteiger partial charge is 0.483 e. The SMILES string of the molecule is Cc1ccc(CCC(=O)NC2CCN(C(=O)COc3c(C)ccc(C)c3C)CC2)cc1. The Morgan fingerprint density at radius 2 is 1.61 bits per heavy atom. The highest BCUT2D eigenvalue weighted by atomic mass is 16.5. The Labute approximate surface area is 185 Å². The van der Waals surface area contributed by atoms with E-state index in [1.165, 1.54) is 11.1 Å². The van der Waals surface area contributed by atoms with Gasteiger partial charge in [-0.3, -0.25) is 9.59 Å². The lowest BCUT2D eigenvalue weighted by Gasteiger charge is -2.32. The molecular formula is C26H34N2O3. The summed E-state index contributed by atoms with van der Waals surface area (Å²) >= 11 is 0. The molecule has 0 spiro atoms. The molecule has 5 nitrogen and oxygen atoms in total. The second kappa shape index (κ2) is 10.5. The molecule has 0 bridgehead atoms. The molecular weight excluding hydrogens is 388 g/mol. The van der Waals surface area contributed by atoms with Crippen LogP contribution >= 0.6 is 0 Å². The van der Waals surface area contributed by atoms with Gasteiger partial charge in [-0.25, -0.2) is 0 Å². The van der Waals surface area contributed by atoms with Crippen LogP contribution in [0.1, 0.15) is 47.1 Å². The van der Waals surface area contributed by atoms with E-state index in [9.17, 15) is 9.59 Å². The van der Waals surface area contributed by atoms with E-state index in [2.05, 4.69) is 42.6 Å². The quantitative estimate of drug-likeness (QED) is 0.733. The first-order chi connectivity index (χ1) is 14.8. The van der Waals surface area contributed by atoms with Crippen molar-refractivity contribution in [1.29, 1.82) is 0 Å². The lowest BCUT2D eigenvalue weighted by Crippen LogP contribution is -2.47. The summed E-state index contributed by atoms with van der Waals surface area (Å²) in [5.41, 5.74) is 5.69. The van der Waals surface area contributed by atoms with E-state index in [0.29, 0.717) is 19.5 Å². The second-order valence-corrected chi connectivity index (χ2v) is 8.65. The van der Waals surface area contributed by atoms with Gasteiger partial charge in [-0.1, -0.05) is 42.0 Å². The monoisotopic (exact) mass is 422 g/mol. The summed E-state index contributed by atoms with van der Waals surface area (Å²) < 4.78 is 5.88. The number of amides is 2. The van der Waals surface area contributed by atoms with Crippen molar-refractivity contribution in [2.75, 3.05) is 19.7 Å². The molecule has 1 fully saturated rings. The Bertz CT molecular complexity index is 913. The molecule has 3 rings (SSSR count). The van der Waals surface area contributed by atoms with Crippen LogP contribution in [0.5, 0.6) is 5.75 Å². The van der Waals surface area contributed by atoms with Crippen molar-refractivity contribution in [3.63, 3.8) is 0 Å². The first-order valence-electron chi connectivity index (χ1n) is 11.2. The Morgan fingerprint density at radius 1 is 0.968 bits per heavy atom. The molecule has 5 heteroatoms. The predicted octanol–water partition coefficient (Wildman–Crippen LogP) is 4.04. The fraction of sp³-hybridized carbons (Fsp3) is 0.462. The van der Waals surface area contributed by atoms with E-state index in [1.54, 1.807) is 0 Å². The third kappa shape index (κ3) is 6.33. The Morgan fingerprint density at radius 3 is 2.29 bits per heavy atom. The van der Waals surface area contributed by atoms with Gasteiger partial charge < -0.3 is 15.0 Å². The van der Waals surface area contributed by atoms with Crippen LogP contribution in [0.3, 0.4) is 0 Å². The van der Waals surface area contributed by atoms with Crippen molar-refractivity contribution in [1.82, 2.24) is 10.2 Å². The van der Waals surface area contributed by atoms with E-state index in [-0.39, 0.29) is 24.5 Å². The van der Waals surface area contributed by atoms with E-state index < -0.39 is 0 Å². The van der Waals surface area contributed by atoms with Crippen LogP contribution < -0.4 is 10.1 Å². The highest BCUT2D eigenvalue weighted by molar-refractivity contribution is 5.78. The summed E-state index contributed by atoms with van der Waals surface area (Å²) in [6, 6.07) is 12.5. The minimum absolute atomic E-state index is 0.00412. The molecule has 1 N–H and O–H groups in total. The lowest BCUT2D eigenvalue weighted by molar-refractivity contribution is -0.134. The first-order valence-corrected chi connectivity index (χ1v) is 11.2. The zero-order chi connectivity index (χ0) is 22.4. The number of rotatable bonds is 7. The first kappa shape index (κ1) is 22.9. The van der Waals surface area contributed by atoms with Crippen LogP contribution in [0.25, 0.3) is 0 Å². The molecule has 0 aromatic heterocycles. The molecule has 2 amide bonds. The van der Waals surface area contributed by atoms with Crippen LogP contribution in [-0.4, -0.2) is 42.5 Å². The van der Waals surface area contributed by atoms with Gasteiger partial charge in [0.05, 0.1) is 0 Å². The molecule has 2 aromatic carbocycles. The smallest absolute Gasteiger partial charge is 0.260 e. The maximum atomic E-state index is 12.6. The number of aryl methyl sites for hydroxylation is 4. The van der Waals surface area contributed by atoms with E-state index in [1.807, 2.05) is 31.7 Å². The Kier molecular flexibility index (Phi) is 7.72. The van der Waals surface area contributed by atoms with Gasteiger partial charge in [-0.15, -0.1) is 0 Å². The van der Waals surface area contributed by atoms with E-state index in [0.717, 1.165) is 41.7 Å². The summed E-state index contributed by atoms with van der Waals surface area (Å²) in [5.74, 6) is 0.896. The molecule has 0 atom stereocenters. The van der Waals surface area contributed by atoms with Gasteiger partial charge in [0.1, 0.15) is 5.75 Å². The van der Waals surface area contributed by atoms with Crippen molar-refractivity contribution < 1.29 is 14.3 Å². The predicted molar refractivity (Wildman–Crippen MR) is 123 cm³/mol. The normalized spacial score (nSPS) is 14.4. The molecule has 0 radical (unpaired) electrons. The maximum Gasteiger partial charge on any atom is 0.260 e. The number of nitrogens with one attached hydrogen (secondary N) is 1. The number of ether oxygens (including phenoxy) is 1. The van der Waals surface area contributed by atoms with Crippen LogP contribution in [0.4, 0.5) is 0 Å². The molecule has 1 aliphatic heterocycles. The topological polar surface area (TPSA) is 58.6 Å². The maximum absolute atomic E-state index is 12.6. The molecule has 2 aromatic rings. The summed E-state index contributed by atoms with van der Waals surface area (Å²) in [4.78, 5) is 26.8. The number of hydrogen-bond acceptors (Lipinski definition) is 3. The van der Waals surface area contributed by atoms with Crippen molar-refractivity contribution in [2.24, 2.45) is 0 Å². The van der Waals surface area contributed by atoms with Crippen molar-refractivity contribution in [2.45, 2.75) is 59.4 Å².